The molecule has 3 fully saturated rings. The largest absolute Gasteiger partial charge is 0.463 e. The molecule has 0 aromatic carbocycles. The zero-order valence-corrected chi connectivity index (χ0v) is 18.1. The van der Waals surface area contributed by atoms with Crippen molar-refractivity contribution < 1.29 is 43.9 Å². The lowest BCUT2D eigenvalue weighted by Crippen LogP contribution is -2.54. The molecule has 3 rings (SSSR count). The third kappa shape index (κ3) is 4.00. The number of hydrogen-bond acceptors (Lipinski definition) is 9. The average Bonchev–Trinajstić information content (AvgIpc) is 3.08. The number of rotatable bonds is 5. The molecule has 1 heterocycles. The first-order valence-corrected chi connectivity index (χ1v) is 10.5. The molecule has 2 saturated carbocycles. The number of carbonyl (C=O) groups excluding carboxylic acids is 3. The van der Waals surface area contributed by atoms with E-state index in [1.54, 1.807) is 0 Å². The molecule has 0 radical (unpaired) electrons. The first-order chi connectivity index (χ1) is 14.3. The molecule has 10 heteroatoms. The molecule has 31 heavy (non-hydrogen) atoms. The van der Waals surface area contributed by atoms with Gasteiger partial charge in [0.25, 0.3) is 0 Å². The van der Waals surface area contributed by atoms with Crippen molar-refractivity contribution in [3.8, 4) is 0 Å². The summed E-state index contributed by atoms with van der Waals surface area (Å²) in [6.07, 6.45) is -3.05. The number of aliphatic hydroxyl groups excluding tert-OH is 1. The molecule has 8 atom stereocenters. The van der Waals surface area contributed by atoms with E-state index in [-0.39, 0.29) is 18.4 Å². The molecule has 1 unspecified atom stereocenters. The maximum Gasteiger partial charge on any atom is 0.339 e. The highest BCUT2D eigenvalue weighted by atomic mass is 35.5. The first kappa shape index (κ1) is 23.7. The van der Waals surface area contributed by atoms with Crippen molar-refractivity contribution in [3.05, 3.63) is 24.3 Å². The van der Waals surface area contributed by atoms with Crippen molar-refractivity contribution >= 4 is 29.5 Å². The van der Waals surface area contributed by atoms with Crippen molar-refractivity contribution in [2.24, 2.45) is 17.8 Å². The summed E-state index contributed by atoms with van der Waals surface area (Å²) in [4.78, 5) is 36.2. The number of alkyl halides is 1. The molecular formula is C21H27ClO9. The second kappa shape index (κ2) is 8.20. The molecular weight excluding hydrogens is 432 g/mol. The fourth-order valence-corrected chi connectivity index (χ4v) is 4.92. The van der Waals surface area contributed by atoms with E-state index < -0.39 is 77.7 Å². The molecule has 0 bridgehead atoms. The average molecular weight is 459 g/mol. The van der Waals surface area contributed by atoms with Crippen molar-refractivity contribution in [1.82, 2.24) is 0 Å². The predicted molar refractivity (Wildman–Crippen MR) is 107 cm³/mol. The summed E-state index contributed by atoms with van der Waals surface area (Å²) < 4.78 is 16.1. The molecule has 0 amide bonds. The van der Waals surface area contributed by atoms with E-state index in [4.69, 9.17) is 25.8 Å². The van der Waals surface area contributed by atoms with Crippen LogP contribution in [0.2, 0.25) is 0 Å². The summed E-state index contributed by atoms with van der Waals surface area (Å²) in [6.45, 7) is 9.69. The van der Waals surface area contributed by atoms with E-state index in [0.29, 0.717) is 5.57 Å². The van der Waals surface area contributed by atoms with Crippen LogP contribution >= 0.6 is 11.6 Å². The minimum atomic E-state index is -1.95. The molecule has 3 N–H and O–H groups in total. The van der Waals surface area contributed by atoms with Crippen LogP contribution in [-0.2, 0) is 28.6 Å². The van der Waals surface area contributed by atoms with Crippen LogP contribution in [0.25, 0.3) is 0 Å². The fourth-order valence-electron chi connectivity index (χ4n) is 4.82. The van der Waals surface area contributed by atoms with E-state index in [9.17, 15) is 29.7 Å². The molecule has 1 saturated heterocycles. The van der Waals surface area contributed by atoms with Gasteiger partial charge >= 0.3 is 17.9 Å². The van der Waals surface area contributed by atoms with Gasteiger partial charge in [-0.25, -0.2) is 9.59 Å². The zero-order valence-electron chi connectivity index (χ0n) is 17.4. The zero-order chi connectivity index (χ0) is 23.3. The van der Waals surface area contributed by atoms with Crippen molar-refractivity contribution in [2.75, 3.05) is 12.5 Å². The van der Waals surface area contributed by atoms with Gasteiger partial charge in [0.15, 0.2) is 5.60 Å². The summed E-state index contributed by atoms with van der Waals surface area (Å²) in [5.41, 5.74) is -3.26. The van der Waals surface area contributed by atoms with Crippen molar-refractivity contribution in [1.29, 1.82) is 0 Å². The Balaban J connectivity index is 2.00. The maximum atomic E-state index is 12.5. The minimum Gasteiger partial charge on any atom is -0.463 e. The van der Waals surface area contributed by atoms with Crippen molar-refractivity contribution in [2.45, 2.75) is 56.2 Å². The number of esters is 3. The lowest BCUT2D eigenvalue weighted by atomic mass is 9.76. The summed E-state index contributed by atoms with van der Waals surface area (Å²) in [7, 11) is 0. The van der Waals surface area contributed by atoms with Crippen LogP contribution in [0.3, 0.4) is 0 Å². The van der Waals surface area contributed by atoms with Crippen LogP contribution in [0, 0.1) is 17.8 Å². The van der Waals surface area contributed by atoms with Gasteiger partial charge in [-0.2, -0.15) is 0 Å². The smallest absolute Gasteiger partial charge is 0.339 e. The van der Waals surface area contributed by atoms with E-state index in [1.165, 1.54) is 13.8 Å². The van der Waals surface area contributed by atoms with Crippen LogP contribution in [0.15, 0.2) is 24.3 Å². The topological polar surface area (TPSA) is 140 Å². The van der Waals surface area contributed by atoms with Gasteiger partial charge < -0.3 is 29.5 Å². The second-order valence-electron chi connectivity index (χ2n) is 8.79. The lowest BCUT2D eigenvalue weighted by Gasteiger charge is -2.37. The van der Waals surface area contributed by atoms with Gasteiger partial charge in [0.2, 0.25) is 0 Å². The Morgan fingerprint density at radius 2 is 2.03 bits per heavy atom. The highest BCUT2D eigenvalue weighted by Crippen LogP contribution is 2.55. The Kier molecular flexibility index (Phi) is 6.27. The normalized spacial score (nSPS) is 39.1. The highest BCUT2D eigenvalue weighted by Gasteiger charge is 2.65. The molecule has 1 aliphatic heterocycles. The second-order valence-corrected chi connectivity index (χ2v) is 9.06. The summed E-state index contributed by atoms with van der Waals surface area (Å²) in [5, 5.41) is 32.1. The van der Waals surface area contributed by atoms with Crippen LogP contribution in [-0.4, -0.2) is 75.2 Å². The van der Waals surface area contributed by atoms with Gasteiger partial charge in [-0.3, -0.25) is 4.79 Å². The van der Waals surface area contributed by atoms with Crippen LogP contribution in [0.1, 0.15) is 26.7 Å². The van der Waals surface area contributed by atoms with Gasteiger partial charge in [-0.05, 0) is 19.3 Å². The molecule has 0 aromatic rings. The van der Waals surface area contributed by atoms with Gasteiger partial charge in [0.05, 0.1) is 17.9 Å². The number of aliphatic hydroxyl groups is 3. The van der Waals surface area contributed by atoms with Gasteiger partial charge in [-0.15, -0.1) is 11.6 Å². The number of halogens is 1. The third-order valence-electron chi connectivity index (χ3n) is 6.53. The van der Waals surface area contributed by atoms with E-state index in [2.05, 4.69) is 13.2 Å². The van der Waals surface area contributed by atoms with Crippen molar-refractivity contribution in [3.63, 3.8) is 0 Å². The SMILES string of the molecule is C=C1C(=O)O[C@H]2[C@H]1[C@@H](OC(=O)C(C)(O)CCl)CC(=C)[C@@H]1C[C@H](O)[C@](O)(COC(C)=O)[C@H]21. The number of hydrogen-bond donors (Lipinski definition) is 3. The van der Waals surface area contributed by atoms with Gasteiger partial charge in [0.1, 0.15) is 24.4 Å². The summed E-state index contributed by atoms with van der Waals surface area (Å²) in [5.74, 6) is -4.97. The Morgan fingerprint density at radius 1 is 1.39 bits per heavy atom. The van der Waals surface area contributed by atoms with Gasteiger partial charge in [-0.1, -0.05) is 18.7 Å². The quantitative estimate of drug-likeness (QED) is 0.174. The summed E-state index contributed by atoms with van der Waals surface area (Å²) >= 11 is 5.65. The highest BCUT2D eigenvalue weighted by molar-refractivity contribution is 6.20. The molecule has 9 nitrogen and oxygen atoms in total. The maximum absolute atomic E-state index is 12.5. The standard InChI is InChI=1S/C21H27ClO9/c1-9-5-13(30-19(26)20(4,27)7-22)15-10(2)18(25)31-17(15)16-12(9)6-14(24)21(16,28)8-29-11(3)23/h12-17,24,27-28H,1-2,5-8H2,3-4H3/t12-,13-,14-,15+,16-,17-,20?,21+/m0/s1. The Hall–Kier alpha value is -1.94. The third-order valence-corrected chi connectivity index (χ3v) is 7.05. The predicted octanol–water partition coefficient (Wildman–Crippen LogP) is 0.237. The number of carbonyl (C=O) groups is 3. The first-order valence-electron chi connectivity index (χ1n) is 9.94. The van der Waals surface area contributed by atoms with Crippen LogP contribution in [0.4, 0.5) is 0 Å². The van der Waals surface area contributed by atoms with Crippen LogP contribution in [0.5, 0.6) is 0 Å². The monoisotopic (exact) mass is 458 g/mol. The number of ether oxygens (including phenoxy) is 3. The van der Waals surface area contributed by atoms with Crippen LogP contribution < -0.4 is 0 Å². The van der Waals surface area contributed by atoms with E-state index >= 15 is 0 Å². The Labute approximate surface area is 184 Å². The van der Waals surface area contributed by atoms with Gasteiger partial charge in [0, 0.05) is 24.8 Å². The molecule has 0 spiro atoms. The lowest BCUT2D eigenvalue weighted by molar-refractivity contribution is -0.181. The minimum absolute atomic E-state index is 0.0398. The molecule has 3 aliphatic rings. The van der Waals surface area contributed by atoms with E-state index in [1.807, 2.05) is 0 Å². The molecule has 0 aromatic heterocycles. The Morgan fingerprint density at radius 3 is 2.61 bits per heavy atom. The molecule has 172 valence electrons. The summed E-state index contributed by atoms with van der Waals surface area (Å²) in [6, 6.07) is 0. The molecule has 2 aliphatic carbocycles. The fraction of sp³-hybridized carbons (Fsp3) is 0.667. The van der Waals surface area contributed by atoms with E-state index in [0.717, 1.165) is 0 Å². The Bertz CT molecular complexity index is 822. The number of fused-ring (bicyclic) bond motifs is 3.